The quantitative estimate of drug-likeness (QED) is 0.776. The van der Waals surface area contributed by atoms with E-state index in [9.17, 15) is 0 Å². The molecule has 1 saturated carbocycles. The summed E-state index contributed by atoms with van der Waals surface area (Å²) in [5, 5.41) is 8.86. The maximum absolute atomic E-state index is 8.86. The second kappa shape index (κ2) is 4.03. The molecule has 0 saturated heterocycles. The van der Waals surface area contributed by atoms with E-state index in [2.05, 4.69) is 17.1 Å². The lowest BCUT2D eigenvalue weighted by Gasteiger charge is -2.02. The topological polar surface area (TPSA) is 36.7 Å². The van der Waals surface area contributed by atoms with Gasteiger partial charge in [-0.2, -0.15) is 5.26 Å². The van der Waals surface area contributed by atoms with Gasteiger partial charge in [-0.25, -0.2) is 0 Å². The summed E-state index contributed by atoms with van der Waals surface area (Å²) in [6.45, 7) is 0. The monoisotopic (exact) mass is 220 g/mol. The maximum atomic E-state index is 8.86. The SMILES string of the molecule is N#Cc1cccc(-c2ccc(C3CC3)cn2)c1. The molecule has 1 aromatic heterocycles. The van der Waals surface area contributed by atoms with Crippen molar-refractivity contribution in [1.29, 1.82) is 5.26 Å². The summed E-state index contributed by atoms with van der Waals surface area (Å²) >= 11 is 0. The van der Waals surface area contributed by atoms with Crippen molar-refractivity contribution in [3.8, 4) is 17.3 Å². The van der Waals surface area contributed by atoms with Gasteiger partial charge in [0.25, 0.3) is 0 Å². The molecule has 1 aliphatic carbocycles. The van der Waals surface area contributed by atoms with E-state index in [1.54, 1.807) is 0 Å². The summed E-state index contributed by atoms with van der Waals surface area (Å²) in [6, 6.07) is 13.9. The van der Waals surface area contributed by atoms with Crippen molar-refractivity contribution in [3.63, 3.8) is 0 Å². The minimum Gasteiger partial charge on any atom is -0.256 e. The molecule has 1 fully saturated rings. The lowest BCUT2D eigenvalue weighted by molar-refractivity contribution is 1.10. The summed E-state index contributed by atoms with van der Waals surface area (Å²) in [5.74, 6) is 0.738. The van der Waals surface area contributed by atoms with Crippen molar-refractivity contribution in [3.05, 3.63) is 53.7 Å². The summed E-state index contributed by atoms with van der Waals surface area (Å²) in [6.07, 6.45) is 4.56. The first-order valence-corrected chi connectivity index (χ1v) is 5.83. The molecular weight excluding hydrogens is 208 g/mol. The minimum atomic E-state index is 0.676. The molecular formula is C15H12N2. The van der Waals surface area contributed by atoms with E-state index < -0.39 is 0 Å². The van der Waals surface area contributed by atoms with E-state index in [-0.39, 0.29) is 0 Å². The molecule has 17 heavy (non-hydrogen) atoms. The average molecular weight is 220 g/mol. The largest absolute Gasteiger partial charge is 0.256 e. The normalized spacial score (nSPS) is 14.3. The zero-order chi connectivity index (χ0) is 11.7. The van der Waals surface area contributed by atoms with Gasteiger partial charge in [0.15, 0.2) is 0 Å². The lowest BCUT2D eigenvalue weighted by Crippen LogP contribution is -1.87. The molecule has 3 rings (SSSR count). The second-order valence-corrected chi connectivity index (χ2v) is 4.44. The van der Waals surface area contributed by atoms with E-state index in [4.69, 9.17) is 5.26 Å². The molecule has 0 bridgehead atoms. The van der Waals surface area contributed by atoms with Gasteiger partial charge in [0.2, 0.25) is 0 Å². The van der Waals surface area contributed by atoms with Gasteiger partial charge < -0.3 is 0 Å². The van der Waals surface area contributed by atoms with Crippen LogP contribution in [-0.4, -0.2) is 4.98 Å². The maximum Gasteiger partial charge on any atom is 0.0991 e. The first kappa shape index (κ1) is 10.0. The van der Waals surface area contributed by atoms with Gasteiger partial charge in [0.1, 0.15) is 0 Å². The highest BCUT2D eigenvalue weighted by Crippen LogP contribution is 2.39. The molecule has 1 aliphatic rings. The van der Waals surface area contributed by atoms with Crippen LogP contribution in [0, 0.1) is 11.3 Å². The summed E-state index contributed by atoms with van der Waals surface area (Å²) in [7, 11) is 0. The number of pyridine rings is 1. The molecule has 0 spiro atoms. The Hall–Kier alpha value is -2.14. The first-order valence-electron chi connectivity index (χ1n) is 5.83. The van der Waals surface area contributed by atoms with Gasteiger partial charge in [-0.05, 0) is 42.5 Å². The number of aromatic nitrogens is 1. The summed E-state index contributed by atoms with van der Waals surface area (Å²) in [5.41, 5.74) is 3.96. The first-order chi connectivity index (χ1) is 8.36. The Morgan fingerprint density at radius 2 is 2.06 bits per heavy atom. The molecule has 0 N–H and O–H groups in total. The molecule has 2 nitrogen and oxygen atoms in total. The predicted molar refractivity (Wildman–Crippen MR) is 66.4 cm³/mol. The van der Waals surface area contributed by atoms with E-state index in [0.717, 1.165) is 17.2 Å². The summed E-state index contributed by atoms with van der Waals surface area (Å²) < 4.78 is 0. The van der Waals surface area contributed by atoms with Crippen LogP contribution in [0.15, 0.2) is 42.6 Å². The van der Waals surface area contributed by atoms with Crippen molar-refractivity contribution >= 4 is 0 Å². The number of benzene rings is 1. The minimum absolute atomic E-state index is 0.676. The van der Waals surface area contributed by atoms with Crippen LogP contribution >= 0.6 is 0 Å². The number of hydrogen-bond acceptors (Lipinski definition) is 2. The lowest BCUT2D eigenvalue weighted by atomic mass is 10.1. The molecule has 2 aromatic rings. The highest BCUT2D eigenvalue weighted by atomic mass is 14.7. The Kier molecular flexibility index (Phi) is 2.38. The second-order valence-electron chi connectivity index (χ2n) is 4.44. The average Bonchev–Trinajstić information content (AvgIpc) is 3.23. The van der Waals surface area contributed by atoms with Crippen molar-refractivity contribution in [2.24, 2.45) is 0 Å². The fraction of sp³-hybridized carbons (Fsp3) is 0.200. The number of nitrogens with zero attached hydrogens (tertiary/aromatic N) is 2. The van der Waals surface area contributed by atoms with Crippen molar-refractivity contribution in [1.82, 2.24) is 4.98 Å². The fourth-order valence-corrected chi connectivity index (χ4v) is 1.98. The molecule has 0 aliphatic heterocycles. The fourth-order valence-electron chi connectivity index (χ4n) is 1.98. The summed E-state index contributed by atoms with van der Waals surface area (Å²) in [4.78, 5) is 4.48. The highest BCUT2D eigenvalue weighted by Gasteiger charge is 2.23. The van der Waals surface area contributed by atoms with Gasteiger partial charge in [-0.1, -0.05) is 18.2 Å². The molecule has 2 heteroatoms. The third kappa shape index (κ3) is 2.05. The predicted octanol–water partition coefficient (Wildman–Crippen LogP) is 3.50. The Balaban J connectivity index is 1.94. The van der Waals surface area contributed by atoms with Gasteiger partial charge in [-0.3, -0.25) is 4.98 Å². The van der Waals surface area contributed by atoms with Crippen molar-refractivity contribution in [2.75, 3.05) is 0 Å². The van der Waals surface area contributed by atoms with Crippen LogP contribution in [-0.2, 0) is 0 Å². The molecule has 0 amide bonds. The molecule has 0 atom stereocenters. The number of rotatable bonds is 2. The zero-order valence-electron chi connectivity index (χ0n) is 9.43. The molecule has 82 valence electrons. The van der Waals surface area contributed by atoms with Gasteiger partial charge >= 0.3 is 0 Å². The van der Waals surface area contributed by atoms with Crippen LogP contribution in [0.4, 0.5) is 0 Å². The van der Waals surface area contributed by atoms with Gasteiger partial charge in [-0.15, -0.1) is 0 Å². The Labute approximate surface area is 101 Å². The van der Waals surface area contributed by atoms with E-state index in [1.165, 1.54) is 18.4 Å². The Morgan fingerprint density at radius 1 is 1.18 bits per heavy atom. The molecule has 0 unspecified atom stereocenters. The third-order valence-corrected chi connectivity index (χ3v) is 3.12. The van der Waals surface area contributed by atoms with E-state index in [1.807, 2.05) is 36.5 Å². The van der Waals surface area contributed by atoms with Gasteiger partial charge in [0.05, 0.1) is 17.3 Å². The van der Waals surface area contributed by atoms with E-state index in [0.29, 0.717) is 5.56 Å². The van der Waals surface area contributed by atoms with E-state index >= 15 is 0 Å². The smallest absolute Gasteiger partial charge is 0.0991 e. The number of hydrogen-bond donors (Lipinski definition) is 0. The molecule has 0 radical (unpaired) electrons. The van der Waals surface area contributed by atoms with Crippen LogP contribution in [0.3, 0.4) is 0 Å². The molecule has 1 aromatic carbocycles. The number of nitriles is 1. The van der Waals surface area contributed by atoms with Crippen LogP contribution in [0.1, 0.15) is 29.9 Å². The highest BCUT2D eigenvalue weighted by molar-refractivity contribution is 5.61. The van der Waals surface area contributed by atoms with Crippen molar-refractivity contribution in [2.45, 2.75) is 18.8 Å². The van der Waals surface area contributed by atoms with Crippen molar-refractivity contribution < 1.29 is 0 Å². The van der Waals surface area contributed by atoms with Crippen LogP contribution in [0.25, 0.3) is 11.3 Å². The van der Waals surface area contributed by atoms with Crippen LogP contribution in [0.2, 0.25) is 0 Å². The third-order valence-electron chi connectivity index (χ3n) is 3.12. The Bertz CT molecular complexity index is 575. The molecule has 1 heterocycles. The van der Waals surface area contributed by atoms with Crippen LogP contribution in [0.5, 0.6) is 0 Å². The van der Waals surface area contributed by atoms with Crippen LogP contribution < -0.4 is 0 Å². The zero-order valence-corrected chi connectivity index (χ0v) is 9.43. The Morgan fingerprint density at radius 3 is 2.71 bits per heavy atom. The van der Waals surface area contributed by atoms with Gasteiger partial charge in [0, 0.05) is 11.8 Å². The standard InChI is InChI=1S/C15H12N2/c16-9-11-2-1-3-13(8-11)15-7-6-14(10-17-15)12-4-5-12/h1-3,6-8,10,12H,4-5H2.